The van der Waals surface area contributed by atoms with Crippen molar-refractivity contribution in [2.75, 3.05) is 13.1 Å². The summed E-state index contributed by atoms with van der Waals surface area (Å²) >= 11 is 0. The number of benzene rings is 3. The highest BCUT2D eigenvalue weighted by atomic mass is 16.2. The number of hydrogen-bond acceptors (Lipinski definition) is 4. The Balaban J connectivity index is 1.40. The predicted octanol–water partition coefficient (Wildman–Crippen LogP) is 4.64. The molecule has 1 aromatic heterocycles. The zero-order valence-corrected chi connectivity index (χ0v) is 18.8. The molecule has 1 amide bonds. The van der Waals surface area contributed by atoms with Crippen molar-refractivity contribution in [3.05, 3.63) is 96.1 Å². The fraction of sp³-hybridized carbons (Fsp3) is 0.296. The summed E-state index contributed by atoms with van der Waals surface area (Å²) in [6, 6.07) is 29.1. The minimum atomic E-state index is -0.138. The molecule has 1 unspecified atom stereocenters. The van der Waals surface area contributed by atoms with Gasteiger partial charge >= 0.3 is 0 Å². The fourth-order valence-corrected chi connectivity index (χ4v) is 4.70. The number of likely N-dealkylation sites (tertiary alicyclic amines) is 1. The highest BCUT2D eigenvalue weighted by Crippen LogP contribution is 2.27. The molecule has 168 valence electrons. The number of amides is 1. The molecule has 0 spiro atoms. The van der Waals surface area contributed by atoms with Crippen molar-refractivity contribution in [3.63, 3.8) is 0 Å². The molecule has 1 saturated heterocycles. The van der Waals surface area contributed by atoms with Crippen LogP contribution in [0.3, 0.4) is 0 Å². The molecule has 0 bridgehead atoms. The molecule has 1 aliphatic rings. The van der Waals surface area contributed by atoms with Gasteiger partial charge in [-0.05, 0) is 29.7 Å². The molecule has 0 N–H and O–H groups in total. The second kappa shape index (κ2) is 9.96. The largest absolute Gasteiger partial charge is 0.320 e. The van der Waals surface area contributed by atoms with Crippen molar-refractivity contribution in [2.45, 2.75) is 38.5 Å². The summed E-state index contributed by atoms with van der Waals surface area (Å²) in [7, 11) is 0. The Morgan fingerprint density at radius 2 is 1.48 bits per heavy atom. The molecule has 0 aliphatic carbocycles. The predicted molar refractivity (Wildman–Crippen MR) is 129 cm³/mol. The second-order valence-electron chi connectivity index (χ2n) is 8.66. The van der Waals surface area contributed by atoms with Crippen LogP contribution in [-0.4, -0.2) is 43.8 Å². The highest BCUT2D eigenvalue weighted by molar-refractivity contribution is 5.79. The van der Waals surface area contributed by atoms with Crippen LogP contribution >= 0.6 is 0 Å². The number of fused-ring (bicyclic) bond motifs is 1. The third-order valence-corrected chi connectivity index (χ3v) is 6.33. The first-order valence-electron chi connectivity index (χ1n) is 11.7. The molecule has 1 fully saturated rings. The third kappa shape index (κ3) is 4.96. The van der Waals surface area contributed by atoms with Gasteiger partial charge in [-0.25, -0.2) is 4.68 Å². The van der Waals surface area contributed by atoms with Crippen LogP contribution in [0.1, 0.15) is 36.6 Å². The number of rotatable bonds is 9. The van der Waals surface area contributed by atoms with Crippen LogP contribution in [0.15, 0.2) is 84.9 Å². The third-order valence-electron chi connectivity index (χ3n) is 6.33. The molecule has 33 heavy (non-hydrogen) atoms. The first-order chi connectivity index (χ1) is 16.3. The van der Waals surface area contributed by atoms with Gasteiger partial charge in [0.2, 0.25) is 5.91 Å². The monoisotopic (exact) mass is 439 g/mol. The zero-order chi connectivity index (χ0) is 22.5. The smallest absolute Gasteiger partial charge is 0.224 e. The van der Waals surface area contributed by atoms with Gasteiger partial charge in [0, 0.05) is 39.0 Å². The maximum absolute atomic E-state index is 12.7. The average molecular weight is 440 g/mol. The van der Waals surface area contributed by atoms with Gasteiger partial charge in [0.25, 0.3) is 0 Å². The molecule has 6 nitrogen and oxygen atoms in total. The summed E-state index contributed by atoms with van der Waals surface area (Å²) < 4.78 is 1.95. The van der Waals surface area contributed by atoms with Crippen molar-refractivity contribution in [1.82, 2.24) is 24.8 Å². The van der Waals surface area contributed by atoms with Crippen molar-refractivity contribution < 1.29 is 4.79 Å². The van der Waals surface area contributed by atoms with Gasteiger partial charge in [0.1, 0.15) is 11.7 Å². The van der Waals surface area contributed by atoms with Crippen LogP contribution in [-0.2, 0) is 17.9 Å². The molecule has 0 radical (unpaired) electrons. The first kappa shape index (κ1) is 21.3. The molecular formula is C27H29N5O. The fourth-order valence-electron chi connectivity index (χ4n) is 4.70. The number of para-hydroxylation sites is 1. The average Bonchev–Trinajstić information content (AvgIpc) is 3.47. The van der Waals surface area contributed by atoms with Gasteiger partial charge in [-0.15, -0.1) is 5.10 Å². The van der Waals surface area contributed by atoms with Crippen LogP contribution in [0, 0.1) is 0 Å². The van der Waals surface area contributed by atoms with E-state index in [9.17, 15) is 4.79 Å². The SMILES string of the molecule is O=C1CCCN1C(CCN(Cc1ccccc1)Cc1ccccc1)n1nnc2ccccc21. The molecular weight excluding hydrogens is 410 g/mol. The molecule has 3 aromatic carbocycles. The second-order valence-corrected chi connectivity index (χ2v) is 8.66. The van der Waals surface area contributed by atoms with E-state index in [2.05, 4.69) is 75.9 Å². The first-order valence-corrected chi connectivity index (χ1v) is 11.7. The van der Waals surface area contributed by atoms with E-state index in [1.165, 1.54) is 11.1 Å². The standard InChI is InChI=1S/C27H29N5O/c33-27-16-9-18-31(27)26(32-25-15-8-7-14-24(25)28-29-32)17-19-30(20-22-10-3-1-4-11-22)21-23-12-5-2-6-13-23/h1-8,10-15,26H,9,16-21H2. The minimum absolute atomic E-state index is 0.138. The van der Waals surface area contributed by atoms with Crippen molar-refractivity contribution in [2.24, 2.45) is 0 Å². The Labute approximate surface area is 194 Å². The highest BCUT2D eigenvalue weighted by Gasteiger charge is 2.31. The molecule has 1 aliphatic heterocycles. The van der Waals surface area contributed by atoms with E-state index in [4.69, 9.17) is 0 Å². The summed E-state index contributed by atoms with van der Waals surface area (Å²) in [5.41, 5.74) is 4.40. The molecule has 6 heteroatoms. The minimum Gasteiger partial charge on any atom is -0.320 e. The molecule has 5 rings (SSSR count). The van der Waals surface area contributed by atoms with Gasteiger partial charge in [0.05, 0.1) is 5.52 Å². The van der Waals surface area contributed by atoms with Crippen molar-refractivity contribution in [1.29, 1.82) is 0 Å². The number of carbonyl (C=O) groups excluding carboxylic acids is 1. The van der Waals surface area contributed by atoms with E-state index < -0.39 is 0 Å². The Hall–Kier alpha value is -3.51. The van der Waals surface area contributed by atoms with E-state index in [-0.39, 0.29) is 12.1 Å². The van der Waals surface area contributed by atoms with E-state index in [0.717, 1.165) is 50.1 Å². The van der Waals surface area contributed by atoms with Crippen LogP contribution in [0.5, 0.6) is 0 Å². The van der Waals surface area contributed by atoms with Crippen LogP contribution in [0.25, 0.3) is 11.0 Å². The lowest BCUT2D eigenvalue weighted by molar-refractivity contribution is -0.131. The van der Waals surface area contributed by atoms with Crippen LogP contribution < -0.4 is 0 Å². The number of nitrogens with zero attached hydrogens (tertiary/aromatic N) is 5. The van der Waals surface area contributed by atoms with Gasteiger partial charge in [-0.2, -0.15) is 0 Å². The topological polar surface area (TPSA) is 54.3 Å². The van der Waals surface area contributed by atoms with E-state index in [1.54, 1.807) is 0 Å². The quantitative estimate of drug-likeness (QED) is 0.381. The van der Waals surface area contributed by atoms with Crippen LogP contribution in [0.2, 0.25) is 0 Å². The molecule has 4 aromatic rings. The number of aromatic nitrogens is 3. The van der Waals surface area contributed by atoms with Gasteiger partial charge in [-0.3, -0.25) is 9.69 Å². The van der Waals surface area contributed by atoms with Crippen molar-refractivity contribution >= 4 is 16.9 Å². The summed E-state index contributed by atoms with van der Waals surface area (Å²) in [5.74, 6) is 0.206. The van der Waals surface area contributed by atoms with Gasteiger partial charge in [-0.1, -0.05) is 78.0 Å². The summed E-state index contributed by atoms with van der Waals surface area (Å²) in [5, 5.41) is 8.83. The zero-order valence-electron chi connectivity index (χ0n) is 18.8. The summed E-state index contributed by atoms with van der Waals surface area (Å²) in [4.78, 5) is 17.2. The van der Waals surface area contributed by atoms with Gasteiger partial charge < -0.3 is 4.90 Å². The Bertz CT molecular complexity index is 1150. The summed E-state index contributed by atoms with van der Waals surface area (Å²) in [6.07, 6.45) is 2.17. The molecule has 1 atom stereocenters. The lowest BCUT2D eigenvalue weighted by Crippen LogP contribution is -2.37. The maximum Gasteiger partial charge on any atom is 0.224 e. The van der Waals surface area contributed by atoms with E-state index in [1.807, 2.05) is 33.8 Å². The van der Waals surface area contributed by atoms with E-state index in [0.29, 0.717) is 6.42 Å². The number of carbonyl (C=O) groups is 1. The number of hydrogen-bond donors (Lipinski definition) is 0. The summed E-state index contributed by atoms with van der Waals surface area (Å²) in [6.45, 7) is 3.32. The Kier molecular flexibility index (Phi) is 6.44. The maximum atomic E-state index is 12.7. The van der Waals surface area contributed by atoms with Gasteiger partial charge in [0.15, 0.2) is 0 Å². The lowest BCUT2D eigenvalue weighted by atomic mass is 10.1. The van der Waals surface area contributed by atoms with Crippen LogP contribution in [0.4, 0.5) is 0 Å². The van der Waals surface area contributed by atoms with Crippen molar-refractivity contribution in [3.8, 4) is 0 Å². The molecule has 0 saturated carbocycles. The molecule has 2 heterocycles. The normalized spacial score (nSPS) is 14.9. The Morgan fingerprint density at radius 1 is 0.848 bits per heavy atom. The Morgan fingerprint density at radius 3 is 2.12 bits per heavy atom. The van der Waals surface area contributed by atoms with E-state index >= 15 is 0 Å². The lowest BCUT2D eigenvalue weighted by Gasteiger charge is -2.31.